The van der Waals surface area contributed by atoms with Gasteiger partial charge >= 0.3 is 0 Å². The zero-order valence-corrected chi connectivity index (χ0v) is 15.4. The highest BCUT2D eigenvalue weighted by Gasteiger charge is 2.19. The molecule has 1 aromatic carbocycles. The number of aromatic nitrogens is 2. The number of ether oxygens (including phenoxy) is 1. The molecular weight excluding hydrogens is 354 g/mol. The molecule has 1 fully saturated rings. The molecule has 0 aliphatic carbocycles. The van der Waals surface area contributed by atoms with Gasteiger partial charge < -0.3 is 19.9 Å². The summed E-state index contributed by atoms with van der Waals surface area (Å²) < 4.78 is 4.91. The van der Waals surface area contributed by atoms with Crippen molar-refractivity contribution < 1.29 is 9.53 Å². The van der Waals surface area contributed by atoms with Crippen LogP contribution in [0.25, 0.3) is 0 Å². The van der Waals surface area contributed by atoms with E-state index in [0.717, 1.165) is 36.9 Å². The van der Waals surface area contributed by atoms with Gasteiger partial charge in [0.05, 0.1) is 12.2 Å². The predicted octanol–water partition coefficient (Wildman–Crippen LogP) is 1.83. The minimum atomic E-state index is -0.195. The van der Waals surface area contributed by atoms with E-state index in [1.54, 1.807) is 19.5 Å². The molecule has 0 atom stereocenters. The van der Waals surface area contributed by atoms with Crippen LogP contribution in [0.1, 0.15) is 10.4 Å². The van der Waals surface area contributed by atoms with Crippen molar-refractivity contribution in [1.82, 2.24) is 15.3 Å². The fourth-order valence-electron chi connectivity index (χ4n) is 2.81. The van der Waals surface area contributed by atoms with Crippen LogP contribution in [-0.2, 0) is 4.74 Å². The number of anilines is 2. The maximum absolute atomic E-state index is 12.0. The number of hydrogen-bond donors (Lipinski definition) is 1. The fourth-order valence-corrected chi connectivity index (χ4v) is 2.99. The summed E-state index contributed by atoms with van der Waals surface area (Å²) in [6, 6.07) is 7.88. The summed E-state index contributed by atoms with van der Waals surface area (Å²) in [6.07, 6.45) is 3.13. The zero-order chi connectivity index (χ0) is 18.4. The Balaban J connectivity index is 1.55. The summed E-state index contributed by atoms with van der Waals surface area (Å²) in [5.74, 6) is 0.448. The average molecular weight is 376 g/mol. The Morgan fingerprint density at radius 2 is 1.88 bits per heavy atom. The number of nitrogens with one attached hydrogen (secondary N) is 1. The van der Waals surface area contributed by atoms with E-state index in [4.69, 9.17) is 16.3 Å². The van der Waals surface area contributed by atoms with E-state index in [1.807, 2.05) is 18.2 Å². The lowest BCUT2D eigenvalue weighted by Crippen LogP contribution is -2.47. The van der Waals surface area contributed by atoms with Crippen molar-refractivity contribution in [2.45, 2.75) is 0 Å². The van der Waals surface area contributed by atoms with Crippen LogP contribution >= 0.6 is 11.6 Å². The SMILES string of the molecule is COCCNC(=O)c1cnc(N2CCN(c3cccc(Cl)c3)CC2)nc1. The van der Waals surface area contributed by atoms with Crippen molar-refractivity contribution in [1.29, 1.82) is 0 Å². The van der Waals surface area contributed by atoms with E-state index in [2.05, 4.69) is 31.2 Å². The van der Waals surface area contributed by atoms with Crippen molar-refractivity contribution in [3.63, 3.8) is 0 Å². The van der Waals surface area contributed by atoms with Crippen molar-refractivity contribution in [3.8, 4) is 0 Å². The third-order valence-electron chi connectivity index (χ3n) is 4.23. The molecule has 7 nitrogen and oxygen atoms in total. The van der Waals surface area contributed by atoms with E-state index in [9.17, 15) is 4.79 Å². The third kappa shape index (κ3) is 4.62. The summed E-state index contributed by atoms with van der Waals surface area (Å²) in [7, 11) is 1.59. The van der Waals surface area contributed by atoms with Crippen molar-refractivity contribution >= 4 is 29.1 Å². The van der Waals surface area contributed by atoms with Gasteiger partial charge in [-0.1, -0.05) is 17.7 Å². The van der Waals surface area contributed by atoms with E-state index in [-0.39, 0.29) is 5.91 Å². The molecule has 0 unspecified atom stereocenters. The van der Waals surface area contributed by atoms with Gasteiger partial charge in [-0.3, -0.25) is 4.79 Å². The third-order valence-corrected chi connectivity index (χ3v) is 4.46. The van der Waals surface area contributed by atoms with Gasteiger partial charge in [0.1, 0.15) is 0 Å². The number of carbonyl (C=O) groups excluding carboxylic acids is 1. The Bertz CT molecular complexity index is 733. The van der Waals surface area contributed by atoms with Gasteiger partial charge in [0, 0.05) is 62.9 Å². The number of rotatable bonds is 6. The van der Waals surface area contributed by atoms with Gasteiger partial charge in [-0.15, -0.1) is 0 Å². The minimum Gasteiger partial charge on any atom is -0.383 e. The van der Waals surface area contributed by atoms with Gasteiger partial charge in [-0.2, -0.15) is 0 Å². The second-order valence-corrected chi connectivity index (χ2v) is 6.41. The molecule has 3 rings (SSSR count). The number of nitrogens with zero attached hydrogens (tertiary/aromatic N) is 4. The van der Waals surface area contributed by atoms with Gasteiger partial charge in [0.2, 0.25) is 5.95 Å². The first-order valence-corrected chi connectivity index (χ1v) is 8.90. The largest absolute Gasteiger partial charge is 0.383 e. The Morgan fingerprint density at radius 3 is 2.54 bits per heavy atom. The molecule has 1 aromatic heterocycles. The first kappa shape index (κ1) is 18.4. The molecule has 0 saturated carbocycles. The monoisotopic (exact) mass is 375 g/mol. The Morgan fingerprint density at radius 1 is 1.19 bits per heavy atom. The molecule has 26 heavy (non-hydrogen) atoms. The van der Waals surface area contributed by atoms with Crippen LogP contribution in [0, 0.1) is 0 Å². The molecular formula is C18H22ClN5O2. The van der Waals surface area contributed by atoms with E-state index in [1.165, 1.54) is 0 Å². The molecule has 1 amide bonds. The molecule has 1 aliphatic rings. The second-order valence-electron chi connectivity index (χ2n) is 5.97. The van der Waals surface area contributed by atoms with Crippen LogP contribution in [0.3, 0.4) is 0 Å². The van der Waals surface area contributed by atoms with Crippen molar-refractivity contribution in [3.05, 3.63) is 47.2 Å². The average Bonchev–Trinajstić information content (AvgIpc) is 2.68. The van der Waals surface area contributed by atoms with Crippen LogP contribution in [0.2, 0.25) is 5.02 Å². The molecule has 0 radical (unpaired) electrons. The molecule has 2 aromatic rings. The normalized spacial score (nSPS) is 14.4. The Kier molecular flexibility index (Phi) is 6.25. The second kappa shape index (κ2) is 8.82. The lowest BCUT2D eigenvalue weighted by molar-refractivity contribution is 0.0936. The molecule has 1 aliphatic heterocycles. The van der Waals surface area contributed by atoms with Crippen LogP contribution < -0.4 is 15.1 Å². The molecule has 1 saturated heterocycles. The summed E-state index contributed by atoms with van der Waals surface area (Å²) in [4.78, 5) is 25.1. The number of hydrogen-bond acceptors (Lipinski definition) is 6. The summed E-state index contributed by atoms with van der Waals surface area (Å²) >= 11 is 6.07. The minimum absolute atomic E-state index is 0.195. The van der Waals surface area contributed by atoms with Crippen molar-refractivity contribution in [2.24, 2.45) is 0 Å². The van der Waals surface area contributed by atoms with Gasteiger partial charge in [-0.25, -0.2) is 9.97 Å². The highest BCUT2D eigenvalue weighted by atomic mass is 35.5. The molecule has 0 bridgehead atoms. The predicted molar refractivity (Wildman–Crippen MR) is 102 cm³/mol. The number of carbonyl (C=O) groups is 1. The van der Waals surface area contributed by atoms with E-state index >= 15 is 0 Å². The number of halogens is 1. The van der Waals surface area contributed by atoms with Crippen LogP contribution in [0.15, 0.2) is 36.7 Å². The van der Waals surface area contributed by atoms with Crippen LogP contribution in [0.5, 0.6) is 0 Å². The quantitative estimate of drug-likeness (QED) is 0.777. The molecule has 1 N–H and O–H groups in total. The summed E-state index contributed by atoms with van der Waals surface area (Å²) in [5, 5.41) is 3.50. The zero-order valence-electron chi connectivity index (χ0n) is 14.7. The topological polar surface area (TPSA) is 70.6 Å². The maximum atomic E-state index is 12.0. The standard InChI is InChI=1S/C18H22ClN5O2/c1-26-10-5-20-17(25)14-12-21-18(22-13-14)24-8-6-23(7-9-24)16-4-2-3-15(19)11-16/h2-4,11-13H,5-10H2,1H3,(H,20,25). The molecule has 8 heteroatoms. The lowest BCUT2D eigenvalue weighted by atomic mass is 10.2. The van der Waals surface area contributed by atoms with E-state index in [0.29, 0.717) is 24.7 Å². The van der Waals surface area contributed by atoms with Crippen LogP contribution in [-0.4, -0.2) is 62.3 Å². The molecule has 138 valence electrons. The fraction of sp³-hybridized carbons (Fsp3) is 0.389. The number of benzene rings is 1. The van der Waals surface area contributed by atoms with E-state index < -0.39 is 0 Å². The Hall–Kier alpha value is -2.38. The van der Waals surface area contributed by atoms with Gasteiger partial charge in [0.15, 0.2) is 0 Å². The highest BCUT2D eigenvalue weighted by Crippen LogP contribution is 2.21. The number of piperazine rings is 1. The van der Waals surface area contributed by atoms with Gasteiger partial charge in [0.25, 0.3) is 5.91 Å². The number of methoxy groups -OCH3 is 1. The lowest BCUT2D eigenvalue weighted by Gasteiger charge is -2.36. The molecule has 2 heterocycles. The van der Waals surface area contributed by atoms with Crippen LogP contribution in [0.4, 0.5) is 11.6 Å². The summed E-state index contributed by atoms with van der Waals surface area (Å²) in [6.45, 7) is 4.29. The Labute approximate surface area is 157 Å². The first-order valence-electron chi connectivity index (χ1n) is 8.52. The van der Waals surface area contributed by atoms with Crippen molar-refractivity contribution in [2.75, 3.05) is 56.2 Å². The maximum Gasteiger partial charge on any atom is 0.254 e. The molecule has 0 spiro atoms. The smallest absolute Gasteiger partial charge is 0.254 e. The first-order chi connectivity index (χ1) is 12.7. The number of amides is 1. The van der Waals surface area contributed by atoms with Gasteiger partial charge in [-0.05, 0) is 18.2 Å². The highest BCUT2D eigenvalue weighted by molar-refractivity contribution is 6.30. The summed E-state index contributed by atoms with van der Waals surface area (Å²) in [5.41, 5.74) is 1.57.